The van der Waals surface area contributed by atoms with Gasteiger partial charge in [0.05, 0.1) is 28.2 Å². The molecule has 2 aliphatic rings. The molecule has 11 nitrogen and oxygen atoms in total. The summed E-state index contributed by atoms with van der Waals surface area (Å²) >= 11 is 0. The number of ether oxygens (including phenoxy) is 1. The van der Waals surface area contributed by atoms with Crippen molar-refractivity contribution in [1.82, 2.24) is 24.6 Å². The lowest BCUT2D eigenvalue weighted by Gasteiger charge is -2.31. The van der Waals surface area contributed by atoms with Gasteiger partial charge >= 0.3 is 12.2 Å². The van der Waals surface area contributed by atoms with Crippen molar-refractivity contribution in [2.24, 2.45) is 0 Å². The summed E-state index contributed by atoms with van der Waals surface area (Å²) in [6.45, 7) is 4.49. The van der Waals surface area contributed by atoms with Crippen LogP contribution in [0.3, 0.4) is 0 Å². The molecule has 4 N–H and O–H groups in total. The van der Waals surface area contributed by atoms with Crippen LogP contribution < -0.4 is 21.1 Å². The summed E-state index contributed by atoms with van der Waals surface area (Å²) in [5.41, 5.74) is 8.16. The number of urea groups is 1. The molecular weight excluding hydrogens is 589 g/mol. The van der Waals surface area contributed by atoms with Crippen molar-refractivity contribution in [2.75, 3.05) is 36.0 Å². The van der Waals surface area contributed by atoms with Gasteiger partial charge in [-0.2, -0.15) is 13.2 Å². The first-order valence-corrected chi connectivity index (χ1v) is 14.9. The maximum atomic E-state index is 14.0. The van der Waals surface area contributed by atoms with E-state index in [0.29, 0.717) is 41.1 Å². The molecule has 14 heteroatoms. The molecule has 1 aliphatic carbocycles. The number of anilines is 3. The molecule has 0 atom stereocenters. The molecule has 4 heterocycles. The smallest absolute Gasteiger partial charge is 0.420 e. The highest BCUT2D eigenvalue weighted by atomic mass is 19.4. The highest BCUT2D eigenvalue weighted by Gasteiger charge is 2.36. The molecule has 2 fully saturated rings. The number of nitrogen functional groups attached to an aromatic ring is 1. The summed E-state index contributed by atoms with van der Waals surface area (Å²) in [4.78, 5) is 23.9. The summed E-state index contributed by atoms with van der Waals surface area (Å²) in [6, 6.07) is 6.55. The quantitative estimate of drug-likeness (QED) is 0.183. The number of nitrogens with one attached hydrogen (secondary N) is 2. The number of nitrogens with two attached hydrogens (primary N) is 1. The van der Waals surface area contributed by atoms with Crippen molar-refractivity contribution in [1.29, 1.82) is 0 Å². The van der Waals surface area contributed by atoms with E-state index < -0.39 is 17.8 Å². The van der Waals surface area contributed by atoms with E-state index in [9.17, 15) is 18.0 Å². The molecule has 0 radical (unpaired) electrons. The molecule has 45 heavy (non-hydrogen) atoms. The van der Waals surface area contributed by atoms with E-state index in [0.717, 1.165) is 55.3 Å². The first-order valence-electron chi connectivity index (χ1n) is 14.9. The van der Waals surface area contributed by atoms with Crippen LogP contribution in [0.15, 0.2) is 53.6 Å². The molecular formula is C31H31F3N8O3. The van der Waals surface area contributed by atoms with Crippen molar-refractivity contribution in [3.63, 3.8) is 0 Å². The molecule has 0 bridgehead atoms. The van der Waals surface area contributed by atoms with Gasteiger partial charge in [0.15, 0.2) is 5.58 Å². The number of benzene rings is 2. The number of halogens is 3. The molecule has 2 amide bonds. The first kappa shape index (κ1) is 28.9. The van der Waals surface area contributed by atoms with Gasteiger partial charge in [-0.3, -0.25) is 0 Å². The Labute approximate surface area is 255 Å². The largest absolute Gasteiger partial charge is 0.490 e. The van der Waals surface area contributed by atoms with E-state index >= 15 is 0 Å². The Kier molecular flexibility index (Phi) is 7.23. The lowest BCUT2D eigenvalue weighted by atomic mass is 10.0. The van der Waals surface area contributed by atoms with Crippen molar-refractivity contribution in [3.05, 3.63) is 54.6 Å². The van der Waals surface area contributed by atoms with Crippen LogP contribution in [0.25, 0.3) is 33.1 Å². The van der Waals surface area contributed by atoms with Crippen molar-refractivity contribution in [3.8, 4) is 16.9 Å². The average molecular weight is 621 g/mol. The van der Waals surface area contributed by atoms with Gasteiger partial charge in [-0.1, -0.05) is 18.1 Å². The van der Waals surface area contributed by atoms with Crippen LogP contribution in [-0.4, -0.2) is 56.4 Å². The number of hydrogen-bond donors (Lipinski definition) is 3. The molecule has 234 valence electrons. The zero-order chi connectivity index (χ0) is 31.3. The number of hydrogen-bond acceptors (Lipinski definition) is 8. The SMILES string of the molecule is CCN1CCC(Oc2ccc(NC(=O)Nc3ccc(-c4cn(C5CC5)c5ncnc(N)c45)c4cnoc34)cc2C(F)(F)F)CC1. The van der Waals surface area contributed by atoms with Gasteiger partial charge in [0, 0.05) is 36.6 Å². The second-order valence-corrected chi connectivity index (χ2v) is 11.4. The Morgan fingerprint density at radius 1 is 1.09 bits per heavy atom. The zero-order valence-electron chi connectivity index (χ0n) is 24.4. The predicted molar refractivity (Wildman–Crippen MR) is 163 cm³/mol. The van der Waals surface area contributed by atoms with Gasteiger partial charge in [-0.15, -0.1) is 0 Å². The molecule has 1 aliphatic heterocycles. The lowest BCUT2D eigenvalue weighted by molar-refractivity contribution is -0.139. The fourth-order valence-corrected chi connectivity index (χ4v) is 5.97. The van der Waals surface area contributed by atoms with Gasteiger partial charge in [0.1, 0.15) is 29.6 Å². The van der Waals surface area contributed by atoms with E-state index in [4.69, 9.17) is 15.0 Å². The third-order valence-electron chi connectivity index (χ3n) is 8.46. The minimum absolute atomic E-state index is 0.0400. The van der Waals surface area contributed by atoms with E-state index in [1.165, 1.54) is 24.7 Å². The summed E-state index contributed by atoms with van der Waals surface area (Å²) in [6.07, 6.45) is 3.38. The Hall–Kier alpha value is -4.85. The number of carbonyl (C=O) groups is 1. The molecule has 7 rings (SSSR count). The lowest BCUT2D eigenvalue weighted by Crippen LogP contribution is -2.38. The van der Waals surface area contributed by atoms with Gasteiger partial charge in [-0.05, 0) is 62.1 Å². The minimum Gasteiger partial charge on any atom is -0.490 e. The summed E-state index contributed by atoms with van der Waals surface area (Å²) in [5, 5.41) is 10.4. The van der Waals surface area contributed by atoms with E-state index in [1.807, 2.05) is 6.20 Å². The van der Waals surface area contributed by atoms with Crippen molar-refractivity contribution >= 4 is 45.2 Å². The molecule has 1 saturated carbocycles. The fourth-order valence-electron chi connectivity index (χ4n) is 5.97. The van der Waals surface area contributed by atoms with Crippen LogP contribution in [0.1, 0.15) is 44.2 Å². The number of fused-ring (bicyclic) bond motifs is 2. The number of piperidine rings is 1. The van der Waals surface area contributed by atoms with Crippen LogP contribution in [0.5, 0.6) is 5.75 Å². The van der Waals surface area contributed by atoms with Crippen LogP contribution >= 0.6 is 0 Å². The predicted octanol–water partition coefficient (Wildman–Crippen LogP) is 6.68. The fraction of sp³-hybridized carbons (Fsp3) is 0.355. The summed E-state index contributed by atoms with van der Waals surface area (Å²) in [5.74, 6) is 0.0912. The van der Waals surface area contributed by atoms with Crippen LogP contribution in [0.2, 0.25) is 0 Å². The van der Waals surface area contributed by atoms with E-state index in [-0.39, 0.29) is 23.2 Å². The number of alkyl halides is 3. The van der Waals surface area contributed by atoms with Gasteiger partial charge in [0.2, 0.25) is 0 Å². The van der Waals surface area contributed by atoms with Crippen molar-refractivity contribution < 1.29 is 27.2 Å². The van der Waals surface area contributed by atoms with Gasteiger partial charge in [0.25, 0.3) is 0 Å². The average Bonchev–Trinajstić information content (AvgIpc) is 3.59. The van der Waals surface area contributed by atoms with Crippen LogP contribution in [0.4, 0.5) is 35.2 Å². The number of likely N-dealkylation sites (tertiary alicyclic amines) is 1. The second-order valence-electron chi connectivity index (χ2n) is 11.4. The molecule has 3 aromatic heterocycles. The standard InChI is InChI=1S/C31H31F3N8O3/c1-2-41-11-9-19(10-12-41)44-25-8-3-17(13-23(25)31(32,33)34)39-30(43)40-24-7-6-20(21-14-38-45-27(21)24)22-15-42(18-4-5-18)29-26(22)28(35)36-16-37-29/h3,6-8,13-16,18-19H,2,4-5,9-12H2,1H3,(H2,35,36,37)(H2,39,40,43). The van der Waals surface area contributed by atoms with Crippen LogP contribution in [-0.2, 0) is 6.18 Å². The zero-order valence-corrected chi connectivity index (χ0v) is 24.4. The van der Waals surface area contributed by atoms with Crippen LogP contribution in [0, 0.1) is 0 Å². The monoisotopic (exact) mass is 620 g/mol. The Balaban J connectivity index is 1.12. The van der Waals surface area contributed by atoms with Crippen molar-refractivity contribution in [2.45, 2.75) is 50.9 Å². The maximum absolute atomic E-state index is 14.0. The Bertz CT molecular complexity index is 1890. The third kappa shape index (κ3) is 5.61. The minimum atomic E-state index is -4.67. The second kappa shape index (κ2) is 11.3. The maximum Gasteiger partial charge on any atom is 0.420 e. The Morgan fingerprint density at radius 3 is 2.62 bits per heavy atom. The van der Waals surface area contributed by atoms with E-state index in [1.54, 1.807) is 12.1 Å². The van der Waals surface area contributed by atoms with Gasteiger partial charge in [-0.25, -0.2) is 14.8 Å². The number of nitrogens with zero attached hydrogens (tertiary/aromatic N) is 5. The number of carbonyl (C=O) groups excluding carboxylic acids is 1. The first-order chi connectivity index (χ1) is 21.7. The number of rotatable bonds is 7. The normalized spacial score (nSPS) is 16.4. The number of amides is 2. The summed E-state index contributed by atoms with van der Waals surface area (Å²) < 4.78 is 55.5. The molecule has 0 spiro atoms. The molecule has 5 aromatic rings. The third-order valence-corrected chi connectivity index (χ3v) is 8.46. The molecule has 2 aromatic carbocycles. The summed E-state index contributed by atoms with van der Waals surface area (Å²) in [7, 11) is 0. The van der Waals surface area contributed by atoms with E-state index in [2.05, 4.69) is 42.1 Å². The Morgan fingerprint density at radius 2 is 1.89 bits per heavy atom. The highest BCUT2D eigenvalue weighted by molar-refractivity contribution is 6.11. The molecule has 1 saturated heterocycles. The van der Waals surface area contributed by atoms with Gasteiger partial charge < -0.3 is 35.1 Å². The topological polar surface area (TPSA) is 136 Å². The molecule has 0 unspecified atom stereocenters. The number of aromatic nitrogens is 4. The highest BCUT2D eigenvalue weighted by Crippen LogP contribution is 2.44.